The summed E-state index contributed by atoms with van der Waals surface area (Å²) in [7, 11) is -3.72. The highest BCUT2D eigenvalue weighted by molar-refractivity contribution is 7.90. The standard InChI is InChI=1S/C24H25N5O3S/c25-11-9-23-26-21(17-24(27-23)28-13-15-32-16-14-28)19-7-4-8-22-20(19)10-12-29(22)33(30,31)18-5-2-1-3-6-18/h1-8,10,12,17H,9,11,13-16,25H2. The number of rotatable bonds is 6. The lowest BCUT2D eigenvalue weighted by atomic mass is 10.1. The quantitative estimate of drug-likeness (QED) is 0.469. The second-order valence-electron chi connectivity index (χ2n) is 7.83. The van der Waals surface area contributed by atoms with Crippen molar-refractivity contribution in [1.82, 2.24) is 13.9 Å². The number of benzene rings is 2. The molecule has 0 spiro atoms. The van der Waals surface area contributed by atoms with Gasteiger partial charge in [0.2, 0.25) is 0 Å². The van der Waals surface area contributed by atoms with Crippen molar-refractivity contribution in [1.29, 1.82) is 0 Å². The lowest BCUT2D eigenvalue weighted by Crippen LogP contribution is -2.37. The molecule has 8 nitrogen and oxygen atoms in total. The Kier molecular flexibility index (Phi) is 5.84. The maximum atomic E-state index is 13.3. The van der Waals surface area contributed by atoms with Crippen LogP contribution >= 0.6 is 0 Å². The third kappa shape index (κ3) is 4.10. The van der Waals surface area contributed by atoms with Gasteiger partial charge in [0.15, 0.2) is 0 Å². The van der Waals surface area contributed by atoms with Gasteiger partial charge in [0, 0.05) is 42.7 Å². The molecule has 0 aliphatic carbocycles. The minimum Gasteiger partial charge on any atom is -0.378 e. The summed E-state index contributed by atoms with van der Waals surface area (Å²) in [5.74, 6) is 1.50. The van der Waals surface area contributed by atoms with Crippen LogP contribution in [0.3, 0.4) is 0 Å². The first-order chi connectivity index (χ1) is 16.1. The molecule has 1 fully saturated rings. The highest BCUT2D eigenvalue weighted by Crippen LogP contribution is 2.32. The van der Waals surface area contributed by atoms with E-state index in [1.165, 1.54) is 3.97 Å². The predicted molar refractivity (Wildman–Crippen MR) is 128 cm³/mol. The molecule has 2 aromatic heterocycles. The van der Waals surface area contributed by atoms with E-state index in [4.69, 9.17) is 20.4 Å². The molecule has 0 unspecified atom stereocenters. The smallest absolute Gasteiger partial charge is 0.268 e. The number of nitrogens with two attached hydrogens (primary N) is 1. The van der Waals surface area contributed by atoms with E-state index >= 15 is 0 Å². The third-order valence-corrected chi connectivity index (χ3v) is 7.44. The molecule has 4 aromatic rings. The van der Waals surface area contributed by atoms with Crippen molar-refractivity contribution in [3.05, 3.63) is 72.7 Å². The molecule has 5 rings (SSSR count). The Morgan fingerprint density at radius 3 is 2.52 bits per heavy atom. The van der Waals surface area contributed by atoms with E-state index in [0.717, 1.165) is 35.6 Å². The highest BCUT2D eigenvalue weighted by Gasteiger charge is 2.21. The van der Waals surface area contributed by atoms with Crippen LogP contribution < -0.4 is 10.6 Å². The summed E-state index contributed by atoms with van der Waals surface area (Å²) in [6.45, 7) is 3.27. The zero-order valence-corrected chi connectivity index (χ0v) is 18.9. The van der Waals surface area contributed by atoms with Crippen molar-refractivity contribution in [3.63, 3.8) is 0 Å². The van der Waals surface area contributed by atoms with Gasteiger partial charge in [0.25, 0.3) is 10.0 Å². The van der Waals surface area contributed by atoms with E-state index < -0.39 is 10.0 Å². The fraction of sp³-hybridized carbons (Fsp3) is 0.250. The Hall–Kier alpha value is -3.27. The molecule has 2 N–H and O–H groups in total. The van der Waals surface area contributed by atoms with E-state index in [2.05, 4.69) is 4.90 Å². The van der Waals surface area contributed by atoms with Gasteiger partial charge in [-0.2, -0.15) is 0 Å². The lowest BCUT2D eigenvalue weighted by molar-refractivity contribution is 0.122. The Morgan fingerprint density at radius 1 is 0.970 bits per heavy atom. The number of aromatic nitrogens is 3. The van der Waals surface area contributed by atoms with Crippen molar-refractivity contribution in [3.8, 4) is 11.3 Å². The number of hydrogen-bond donors (Lipinski definition) is 1. The molecular formula is C24H25N5O3S. The first kappa shape index (κ1) is 21.6. The number of fused-ring (bicyclic) bond motifs is 1. The molecular weight excluding hydrogens is 438 g/mol. The van der Waals surface area contributed by atoms with Crippen LogP contribution in [0, 0.1) is 0 Å². The summed E-state index contributed by atoms with van der Waals surface area (Å²) >= 11 is 0. The second kappa shape index (κ2) is 8.93. The fourth-order valence-corrected chi connectivity index (χ4v) is 5.47. The highest BCUT2D eigenvalue weighted by atomic mass is 32.2. The van der Waals surface area contributed by atoms with Crippen molar-refractivity contribution in [2.24, 2.45) is 5.73 Å². The molecule has 1 aliphatic heterocycles. The number of hydrogen-bond acceptors (Lipinski definition) is 7. The Morgan fingerprint density at radius 2 is 1.76 bits per heavy atom. The molecule has 0 bridgehead atoms. The number of nitrogens with zero attached hydrogens (tertiary/aromatic N) is 4. The molecule has 0 radical (unpaired) electrons. The average molecular weight is 464 g/mol. The van der Waals surface area contributed by atoms with E-state index in [0.29, 0.717) is 37.5 Å². The van der Waals surface area contributed by atoms with Crippen LogP contribution in [0.25, 0.3) is 22.2 Å². The van der Waals surface area contributed by atoms with E-state index in [-0.39, 0.29) is 4.90 Å². The van der Waals surface area contributed by atoms with Gasteiger partial charge in [-0.1, -0.05) is 30.3 Å². The van der Waals surface area contributed by atoms with Gasteiger partial charge in [-0.3, -0.25) is 0 Å². The fourth-order valence-electron chi connectivity index (χ4n) is 4.10. The van der Waals surface area contributed by atoms with Gasteiger partial charge in [-0.05, 0) is 30.8 Å². The first-order valence-corrected chi connectivity index (χ1v) is 12.3. The summed E-state index contributed by atoms with van der Waals surface area (Å²) in [6, 6.07) is 17.8. The minimum atomic E-state index is -3.72. The van der Waals surface area contributed by atoms with Crippen LogP contribution in [-0.4, -0.2) is 55.2 Å². The number of morpholine rings is 1. The Balaban J connectivity index is 1.63. The van der Waals surface area contributed by atoms with Gasteiger partial charge in [0.1, 0.15) is 11.6 Å². The third-order valence-electron chi connectivity index (χ3n) is 5.74. The molecule has 0 atom stereocenters. The van der Waals surface area contributed by atoms with Gasteiger partial charge in [0.05, 0.1) is 29.3 Å². The summed E-state index contributed by atoms with van der Waals surface area (Å²) in [5.41, 5.74) is 7.99. The van der Waals surface area contributed by atoms with Crippen LogP contribution in [0.2, 0.25) is 0 Å². The van der Waals surface area contributed by atoms with Gasteiger partial charge < -0.3 is 15.4 Å². The summed E-state index contributed by atoms with van der Waals surface area (Å²) in [4.78, 5) is 11.9. The summed E-state index contributed by atoms with van der Waals surface area (Å²) < 4.78 is 33.3. The van der Waals surface area contributed by atoms with E-state index in [1.807, 2.05) is 30.3 Å². The monoisotopic (exact) mass is 463 g/mol. The Labute approximate surface area is 192 Å². The summed E-state index contributed by atoms with van der Waals surface area (Å²) in [6.07, 6.45) is 2.16. The van der Waals surface area contributed by atoms with E-state index in [1.54, 1.807) is 36.5 Å². The molecule has 1 aliphatic rings. The Bertz CT molecular complexity index is 1380. The molecule has 3 heterocycles. The maximum absolute atomic E-state index is 13.3. The maximum Gasteiger partial charge on any atom is 0.268 e. The van der Waals surface area contributed by atoms with Gasteiger partial charge in [-0.15, -0.1) is 0 Å². The number of ether oxygens (including phenoxy) is 1. The SMILES string of the molecule is NCCc1nc(-c2cccc3c2ccn3S(=O)(=O)c2ccccc2)cc(N2CCOCC2)n1. The molecule has 2 aromatic carbocycles. The van der Waals surface area contributed by atoms with Crippen LogP contribution in [0.15, 0.2) is 71.8 Å². The van der Waals surface area contributed by atoms with Gasteiger partial charge in [-0.25, -0.2) is 22.4 Å². The predicted octanol–water partition coefficient (Wildman–Crippen LogP) is 2.67. The molecule has 0 amide bonds. The average Bonchev–Trinajstić information content (AvgIpc) is 3.30. The zero-order valence-electron chi connectivity index (χ0n) is 18.1. The number of anilines is 1. The largest absolute Gasteiger partial charge is 0.378 e. The van der Waals surface area contributed by atoms with Crippen LogP contribution in [0.4, 0.5) is 5.82 Å². The van der Waals surface area contributed by atoms with Crippen molar-refractivity contribution < 1.29 is 13.2 Å². The molecule has 1 saturated heterocycles. The van der Waals surface area contributed by atoms with Crippen LogP contribution in [-0.2, 0) is 21.2 Å². The molecule has 170 valence electrons. The second-order valence-corrected chi connectivity index (χ2v) is 9.65. The van der Waals surface area contributed by atoms with Crippen molar-refractivity contribution in [2.75, 3.05) is 37.7 Å². The summed E-state index contributed by atoms with van der Waals surface area (Å²) in [5, 5.41) is 0.808. The van der Waals surface area contributed by atoms with Crippen LogP contribution in [0.5, 0.6) is 0 Å². The topological polar surface area (TPSA) is 103 Å². The molecule has 0 saturated carbocycles. The normalized spacial score (nSPS) is 14.6. The van der Waals surface area contributed by atoms with Crippen LogP contribution in [0.1, 0.15) is 5.82 Å². The van der Waals surface area contributed by atoms with Gasteiger partial charge >= 0.3 is 0 Å². The lowest BCUT2D eigenvalue weighted by Gasteiger charge is -2.28. The first-order valence-electron chi connectivity index (χ1n) is 10.9. The minimum absolute atomic E-state index is 0.245. The zero-order chi connectivity index (χ0) is 22.8. The molecule has 33 heavy (non-hydrogen) atoms. The van der Waals surface area contributed by atoms with E-state index in [9.17, 15) is 8.42 Å². The van der Waals surface area contributed by atoms with Crippen molar-refractivity contribution in [2.45, 2.75) is 11.3 Å². The molecule has 9 heteroatoms. The van der Waals surface area contributed by atoms with Crippen molar-refractivity contribution >= 4 is 26.7 Å².